The number of thiophene rings is 1. The van der Waals surface area contributed by atoms with Crippen LogP contribution in [-0.2, 0) is 9.53 Å². The van der Waals surface area contributed by atoms with Crippen LogP contribution in [0, 0.1) is 0 Å². The summed E-state index contributed by atoms with van der Waals surface area (Å²) in [6.07, 6.45) is 4.16. The van der Waals surface area contributed by atoms with E-state index >= 15 is 0 Å². The number of nitrogens with two attached hydrogens (primary N) is 2. The molecule has 0 fully saturated rings. The van der Waals surface area contributed by atoms with Crippen molar-refractivity contribution in [1.82, 2.24) is 0 Å². The van der Waals surface area contributed by atoms with Gasteiger partial charge in [0, 0.05) is 22.3 Å². The van der Waals surface area contributed by atoms with Crippen LogP contribution >= 0.6 is 11.3 Å². The second-order valence-corrected chi connectivity index (χ2v) is 5.10. The largest absolute Gasteiger partial charge is 0.465 e. The molecular formula is C14H17N3O3S. The molecule has 0 unspecified atom stereocenters. The minimum atomic E-state index is -0.546. The SMILES string of the molecule is C=CC(=O)Nc1cc(C(/C=C(/C)N)=C/N)sc1C(=O)OC. The maximum absolute atomic E-state index is 11.8. The molecule has 21 heavy (non-hydrogen) atoms. The average Bonchev–Trinajstić information content (AvgIpc) is 2.87. The van der Waals surface area contributed by atoms with E-state index in [-0.39, 0.29) is 4.88 Å². The number of methoxy groups -OCH3 is 1. The number of carbonyl (C=O) groups is 2. The maximum atomic E-state index is 11.8. The first kappa shape index (κ1) is 16.5. The van der Waals surface area contributed by atoms with Crippen LogP contribution in [0.15, 0.2) is 36.7 Å². The first-order chi connectivity index (χ1) is 9.92. The second kappa shape index (κ2) is 7.30. The fraction of sp³-hybridized carbons (Fsp3) is 0.143. The lowest BCUT2D eigenvalue weighted by atomic mass is 10.2. The van der Waals surface area contributed by atoms with Crippen molar-refractivity contribution < 1.29 is 14.3 Å². The second-order valence-electron chi connectivity index (χ2n) is 4.05. The molecule has 0 spiro atoms. The Bertz CT molecular complexity index is 625. The summed E-state index contributed by atoms with van der Waals surface area (Å²) < 4.78 is 4.70. The molecule has 0 aliphatic carbocycles. The van der Waals surface area contributed by atoms with Crippen molar-refractivity contribution in [2.75, 3.05) is 12.4 Å². The number of amides is 1. The van der Waals surface area contributed by atoms with Crippen molar-refractivity contribution in [3.63, 3.8) is 0 Å². The summed E-state index contributed by atoms with van der Waals surface area (Å²) in [5.74, 6) is -0.969. The number of nitrogens with one attached hydrogen (secondary N) is 1. The Morgan fingerprint density at radius 3 is 2.62 bits per heavy atom. The number of allylic oxidation sites excluding steroid dienone is 3. The Kier molecular flexibility index (Phi) is 5.74. The predicted molar refractivity (Wildman–Crippen MR) is 84.6 cm³/mol. The van der Waals surface area contributed by atoms with Gasteiger partial charge in [0.25, 0.3) is 0 Å². The maximum Gasteiger partial charge on any atom is 0.350 e. The Labute approximate surface area is 126 Å². The third-order valence-corrected chi connectivity index (χ3v) is 3.56. The molecule has 1 amide bonds. The van der Waals surface area contributed by atoms with Gasteiger partial charge in [-0.2, -0.15) is 0 Å². The van der Waals surface area contributed by atoms with Crippen molar-refractivity contribution in [2.45, 2.75) is 6.92 Å². The molecule has 5 N–H and O–H groups in total. The lowest BCUT2D eigenvalue weighted by Crippen LogP contribution is -2.10. The minimum Gasteiger partial charge on any atom is -0.465 e. The van der Waals surface area contributed by atoms with Gasteiger partial charge in [-0.05, 0) is 25.1 Å². The van der Waals surface area contributed by atoms with Crippen LogP contribution in [0.1, 0.15) is 21.5 Å². The van der Waals surface area contributed by atoms with Gasteiger partial charge in [-0.25, -0.2) is 4.79 Å². The molecule has 1 aromatic rings. The van der Waals surface area contributed by atoms with E-state index in [4.69, 9.17) is 16.2 Å². The number of carbonyl (C=O) groups excluding carboxylic acids is 2. The van der Waals surface area contributed by atoms with E-state index in [1.54, 1.807) is 19.1 Å². The molecular weight excluding hydrogens is 290 g/mol. The van der Waals surface area contributed by atoms with E-state index < -0.39 is 11.9 Å². The van der Waals surface area contributed by atoms with Gasteiger partial charge in [-0.15, -0.1) is 11.3 Å². The fourth-order valence-corrected chi connectivity index (χ4v) is 2.53. The summed E-state index contributed by atoms with van der Waals surface area (Å²) in [6.45, 7) is 5.09. The highest BCUT2D eigenvalue weighted by molar-refractivity contribution is 7.15. The number of esters is 1. The molecule has 0 saturated carbocycles. The first-order valence-corrected chi connectivity index (χ1v) is 6.76. The van der Waals surface area contributed by atoms with Crippen LogP contribution in [0.3, 0.4) is 0 Å². The summed E-state index contributed by atoms with van der Waals surface area (Å²) in [6, 6.07) is 1.64. The van der Waals surface area contributed by atoms with Crippen LogP contribution in [0.2, 0.25) is 0 Å². The molecule has 7 heteroatoms. The highest BCUT2D eigenvalue weighted by atomic mass is 32.1. The zero-order valence-corrected chi connectivity index (χ0v) is 12.6. The third-order valence-electron chi connectivity index (χ3n) is 2.39. The van der Waals surface area contributed by atoms with Crippen LogP contribution < -0.4 is 16.8 Å². The monoisotopic (exact) mass is 307 g/mol. The highest BCUT2D eigenvalue weighted by Crippen LogP contribution is 2.33. The van der Waals surface area contributed by atoms with Gasteiger partial charge in [0.2, 0.25) is 5.91 Å². The number of hydrogen-bond donors (Lipinski definition) is 3. The molecule has 0 saturated heterocycles. The molecule has 112 valence electrons. The zero-order valence-electron chi connectivity index (χ0n) is 11.8. The number of rotatable bonds is 5. The summed E-state index contributed by atoms with van der Waals surface area (Å²) in [4.78, 5) is 24.1. The predicted octanol–water partition coefficient (Wildman–Crippen LogP) is 1.82. The van der Waals surface area contributed by atoms with Crippen LogP contribution in [0.4, 0.5) is 5.69 Å². The summed E-state index contributed by atoms with van der Waals surface area (Å²) in [5, 5.41) is 2.56. The zero-order chi connectivity index (χ0) is 16.0. The van der Waals surface area contributed by atoms with Crippen molar-refractivity contribution in [3.8, 4) is 0 Å². The van der Waals surface area contributed by atoms with Crippen molar-refractivity contribution >= 4 is 34.5 Å². The van der Waals surface area contributed by atoms with E-state index in [9.17, 15) is 9.59 Å². The van der Waals surface area contributed by atoms with Gasteiger partial charge in [0.1, 0.15) is 4.88 Å². The summed E-state index contributed by atoms with van der Waals surface area (Å²) >= 11 is 1.15. The molecule has 0 aliphatic heterocycles. The number of anilines is 1. The lowest BCUT2D eigenvalue weighted by Gasteiger charge is -2.01. The van der Waals surface area contributed by atoms with Gasteiger partial charge >= 0.3 is 5.97 Å². The molecule has 0 aliphatic rings. The minimum absolute atomic E-state index is 0.269. The molecule has 0 atom stereocenters. The molecule has 0 aromatic carbocycles. The standard InChI is InChI=1S/C14H17N3O3S/c1-4-12(18)17-10-6-11(9(7-15)5-8(2)16)21-13(10)14(19)20-3/h4-7H,1,15-16H2,2-3H3,(H,17,18)/b8-5-,9-7+. The molecule has 1 aromatic heterocycles. The number of ether oxygens (including phenoxy) is 1. The fourth-order valence-electron chi connectivity index (χ4n) is 1.50. The van der Waals surface area contributed by atoms with Gasteiger partial charge in [0.05, 0.1) is 12.8 Å². The van der Waals surface area contributed by atoms with Crippen molar-refractivity contribution in [3.05, 3.63) is 46.4 Å². The van der Waals surface area contributed by atoms with E-state index in [1.165, 1.54) is 13.3 Å². The van der Waals surface area contributed by atoms with E-state index in [1.807, 2.05) is 0 Å². The lowest BCUT2D eigenvalue weighted by molar-refractivity contribution is -0.111. The Balaban J connectivity index is 3.31. The number of hydrogen-bond acceptors (Lipinski definition) is 6. The Morgan fingerprint density at radius 1 is 1.48 bits per heavy atom. The Morgan fingerprint density at radius 2 is 2.14 bits per heavy atom. The molecule has 1 heterocycles. The average molecular weight is 307 g/mol. The van der Waals surface area contributed by atoms with Crippen LogP contribution in [0.25, 0.3) is 5.57 Å². The first-order valence-electron chi connectivity index (χ1n) is 5.94. The molecule has 0 bridgehead atoms. The van der Waals surface area contributed by atoms with Gasteiger partial charge < -0.3 is 21.5 Å². The van der Waals surface area contributed by atoms with E-state index in [0.717, 1.165) is 17.4 Å². The molecule has 1 rings (SSSR count). The van der Waals surface area contributed by atoms with Gasteiger partial charge in [-0.1, -0.05) is 6.58 Å². The van der Waals surface area contributed by atoms with Crippen molar-refractivity contribution in [2.24, 2.45) is 11.5 Å². The van der Waals surface area contributed by atoms with E-state index in [0.29, 0.717) is 21.8 Å². The van der Waals surface area contributed by atoms with Crippen LogP contribution in [-0.4, -0.2) is 19.0 Å². The summed E-state index contributed by atoms with van der Waals surface area (Å²) in [7, 11) is 1.27. The molecule has 0 radical (unpaired) electrons. The normalized spacial score (nSPS) is 11.9. The van der Waals surface area contributed by atoms with E-state index in [2.05, 4.69) is 11.9 Å². The summed E-state index contributed by atoms with van der Waals surface area (Å²) in [5.41, 5.74) is 12.8. The Hall–Kier alpha value is -2.54. The quantitative estimate of drug-likeness (QED) is 0.437. The van der Waals surface area contributed by atoms with Crippen LogP contribution in [0.5, 0.6) is 0 Å². The van der Waals surface area contributed by atoms with Gasteiger partial charge in [0.15, 0.2) is 0 Å². The third kappa shape index (κ3) is 4.22. The smallest absolute Gasteiger partial charge is 0.350 e. The topological polar surface area (TPSA) is 107 Å². The highest BCUT2D eigenvalue weighted by Gasteiger charge is 2.19. The van der Waals surface area contributed by atoms with Crippen molar-refractivity contribution in [1.29, 1.82) is 0 Å². The molecule has 6 nitrogen and oxygen atoms in total. The van der Waals surface area contributed by atoms with Gasteiger partial charge in [-0.3, -0.25) is 4.79 Å².